The molecule has 190 valence electrons. The van der Waals surface area contributed by atoms with E-state index >= 15 is 0 Å². The average Bonchev–Trinajstić information content (AvgIpc) is 3.29. The summed E-state index contributed by atoms with van der Waals surface area (Å²) in [5, 5.41) is 6.31. The van der Waals surface area contributed by atoms with E-state index in [0.29, 0.717) is 29.8 Å². The summed E-state index contributed by atoms with van der Waals surface area (Å²) in [6, 6.07) is 16.6. The molecule has 9 heteroatoms. The van der Waals surface area contributed by atoms with Crippen LogP contribution in [0, 0.1) is 0 Å². The van der Waals surface area contributed by atoms with Crippen LogP contribution in [-0.2, 0) is 29.0 Å². The number of rotatable bonds is 9. The van der Waals surface area contributed by atoms with E-state index < -0.39 is 0 Å². The van der Waals surface area contributed by atoms with Gasteiger partial charge in [-0.15, -0.1) is 11.3 Å². The third-order valence-electron chi connectivity index (χ3n) is 6.28. The van der Waals surface area contributed by atoms with Gasteiger partial charge in [-0.2, -0.15) is 0 Å². The molecule has 2 N–H and O–H groups in total. The first kappa shape index (κ1) is 24.7. The number of aromatic nitrogens is 2. The van der Waals surface area contributed by atoms with Crippen LogP contribution in [-0.4, -0.2) is 27.9 Å². The number of thiophene rings is 1. The second-order valence-corrected chi connectivity index (χ2v) is 10.1. The monoisotopic (exact) mass is 516 g/mol. The molecule has 37 heavy (non-hydrogen) atoms. The third kappa shape index (κ3) is 6.06. The number of para-hydroxylation sites is 1. The SMILES string of the molecule is O=C(Cn1cnc2sc3c(c2c1=O)CCCC3)NCCCC(=O)Nc1ccc(Oc2ccccc2)cc1. The third-order valence-corrected chi connectivity index (χ3v) is 7.48. The number of hydrogen-bond acceptors (Lipinski definition) is 6. The fourth-order valence-corrected chi connectivity index (χ4v) is 5.66. The average molecular weight is 517 g/mol. The predicted molar refractivity (Wildman–Crippen MR) is 144 cm³/mol. The molecule has 4 aromatic rings. The zero-order chi connectivity index (χ0) is 25.6. The number of nitrogens with one attached hydrogen (secondary N) is 2. The second-order valence-electron chi connectivity index (χ2n) is 9.01. The molecule has 0 unspecified atom stereocenters. The van der Waals surface area contributed by atoms with Crippen LogP contribution < -0.4 is 20.9 Å². The Balaban J connectivity index is 1.06. The van der Waals surface area contributed by atoms with Gasteiger partial charge >= 0.3 is 0 Å². The van der Waals surface area contributed by atoms with Crippen molar-refractivity contribution >= 4 is 39.1 Å². The highest BCUT2D eigenvalue weighted by molar-refractivity contribution is 7.18. The van der Waals surface area contributed by atoms with Gasteiger partial charge in [0.15, 0.2) is 0 Å². The number of benzene rings is 2. The minimum atomic E-state index is -0.276. The van der Waals surface area contributed by atoms with Crippen molar-refractivity contribution < 1.29 is 14.3 Å². The summed E-state index contributed by atoms with van der Waals surface area (Å²) >= 11 is 1.59. The Morgan fingerprint density at radius 1 is 0.973 bits per heavy atom. The first-order valence-corrected chi connectivity index (χ1v) is 13.3. The van der Waals surface area contributed by atoms with Gasteiger partial charge in [-0.25, -0.2) is 4.98 Å². The number of fused-ring (bicyclic) bond motifs is 3. The largest absolute Gasteiger partial charge is 0.457 e. The van der Waals surface area contributed by atoms with E-state index in [1.54, 1.807) is 35.6 Å². The number of ether oxygens (including phenoxy) is 1. The molecule has 0 bridgehead atoms. The van der Waals surface area contributed by atoms with Crippen molar-refractivity contribution in [2.45, 2.75) is 45.1 Å². The summed E-state index contributed by atoms with van der Waals surface area (Å²) in [5.74, 6) is 1.01. The summed E-state index contributed by atoms with van der Waals surface area (Å²) in [7, 11) is 0. The Morgan fingerprint density at radius 2 is 1.73 bits per heavy atom. The Hall–Kier alpha value is -3.98. The van der Waals surface area contributed by atoms with Crippen molar-refractivity contribution in [3.63, 3.8) is 0 Å². The van der Waals surface area contributed by atoms with Gasteiger partial charge < -0.3 is 15.4 Å². The second kappa shape index (κ2) is 11.4. The van der Waals surface area contributed by atoms with Crippen LogP contribution >= 0.6 is 11.3 Å². The summed E-state index contributed by atoms with van der Waals surface area (Å²) in [6.07, 6.45) is 6.32. The van der Waals surface area contributed by atoms with Crippen molar-refractivity contribution in [1.82, 2.24) is 14.9 Å². The van der Waals surface area contributed by atoms with Gasteiger partial charge in [0.2, 0.25) is 11.8 Å². The normalized spacial score (nSPS) is 12.6. The van der Waals surface area contributed by atoms with E-state index in [1.807, 2.05) is 30.3 Å². The molecule has 0 saturated heterocycles. The molecule has 2 aromatic carbocycles. The van der Waals surface area contributed by atoms with Crippen LogP contribution in [0.3, 0.4) is 0 Å². The zero-order valence-electron chi connectivity index (χ0n) is 20.4. The molecule has 0 fully saturated rings. The lowest BCUT2D eigenvalue weighted by atomic mass is 9.97. The molecule has 0 radical (unpaired) electrons. The molecule has 8 nitrogen and oxygen atoms in total. The molecular weight excluding hydrogens is 488 g/mol. The quantitative estimate of drug-likeness (QED) is 0.315. The minimum Gasteiger partial charge on any atom is -0.457 e. The lowest BCUT2D eigenvalue weighted by molar-refractivity contribution is -0.122. The summed E-state index contributed by atoms with van der Waals surface area (Å²) < 4.78 is 7.13. The first-order chi connectivity index (χ1) is 18.1. The van der Waals surface area contributed by atoms with Crippen molar-refractivity contribution in [3.05, 3.63) is 81.7 Å². The summed E-state index contributed by atoms with van der Waals surface area (Å²) in [5.41, 5.74) is 1.63. The van der Waals surface area contributed by atoms with Crippen LogP contribution in [0.15, 0.2) is 65.7 Å². The van der Waals surface area contributed by atoms with E-state index in [1.165, 1.54) is 15.8 Å². The summed E-state index contributed by atoms with van der Waals surface area (Å²) in [4.78, 5) is 44.1. The van der Waals surface area contributed by atoms with Gasteiger partial charge in [0.25, 0.3) is 5.56 Å². The van der Waals surface area contributed by atoms with Gasteiger partial charge in [-0.1, -0.05) is 18.2 Å². The zero-order valence-corrected chi connectivity index (χ0v) is 21.2. The van der Waals surface area contributed by atoms with E-state index in [0.717, 1.165) is 41.8 Å². The van der Waals surface area contributed by atoms with Gasteiger partial charge in [0.05, 0.1) is 11.7 Å². The molecule has 2 amide bonds. The molecule has 0 atom stereocenters. The minimum absolute atomic E-state index is 0.0873. The highest BCUT2D eigenvalue weighted by Crippen LogP contribution is 2.33. The number of nitrogens with zero attached hydrogens (tertiary/aromatic N) is 2. The van der Waals surface area contributed by atoms with Crippen molar-refractivity contribution in [2.24, 2.45) is 0 Å². The maximum absolute atomic E-state index is 13.0. The van der Waals surface area contributed by atoms with Crippen LogP contribution in [0.5, 0.6) is 11.5 Å². The number of hydrogen-bond donors (Lipinski definition) is 2. The smallest absolute Gasteiger partial charge is 0.262 e. The van der Waals surface area contributed by atoms with Crippen LogP contribution in [0.2, 0.25) is 0 Å². The number of carbonyl (C=O) groups excluding carboxylic acids is 2. The van der Waals surface area contributed by atoms with Crippen molar-refractivity contribution in [3.8, 4) is 11.5 Å². The van der Waals surface area contributed by atoms with Crippen LogP contribution in [0.4, 0.5) is 5.69 Å². The Morgan fingerprint density at radius 3 is 2.54 bits per heavy atom. The van der Waals surface area contributed by atoms with Gasteiger partial charge in [0.1, 0.15) is 22.9 Å². The van der Waals surface area contributed by atoms with Gasteiger partial charge in [0, 0.05) is 23.5 Å². The lowest BCUT2D eigenvalue weighted by Gasteiger charge is -2.11. The fourth-order valence-electron chi connectivity index (χ4n) is 4.44. The molecule has 0 spiro atoms. The predicted octanol–water partition coefficient (Wildman–Crippen LogP) is 4.66. The molecule has 2 heterocycles. The lowest BCUT2D eigenvalue weighted by Crippen LogP contribution is -2.33. The number of anilines is 1. The molecule has 1 aliphatic carbocycles. The standard InChI is InChI=1S/C28H28N4O4S/c33-24(31-19-12-14-21(15-13-19)36-20-7-2-1-3-8-20)11-6-16-29-25(34)17-32-18-30-27-26(28(32)35)22-9-4-5-10-23(22)37-27/h1-3,7-8,12-15,18H,4-6,9-11,16-17H2,(H,29,34)(H,31,33). The van der Waals surface area contributed by atoms with E-state index in [9.17, 15) is 14.4 Å². The van der Waals surface area contributed by atoms with Crippen molar-refractivity contribution in [2.75, 3.05) is 11.9 Å². The van der Waals surface area contributed by atoms with Crippen LogP contribution in [0.25, 0.3) is 10.2 Å². The molecule has 0 saturated carbocycles. The molecule has 1 aliphatic rings. The maximum Gasteiger partial charge on any atom is 0.262 e. The van der Waals surface area contributed by atoms with Crippen molar-refractivity contribution in [1.29, 1.82) is 0 Å². The molecule has 2 aromatic heterocycles. The molecule has 0 aliphatic heterocycles. The maximum atomic E-state index is 13.0. The van der Waals surface area contributed by atoms with E-state index in [-0.39, 0.29) is 30.3 Å². The Bertz CT molecular complexity index is 1460. The van der Waals surface area contributed by atoms with E-state index in [4.69, 9.17) is 4.74 Å². The number of aryl methyl sites for hydroxylation is 2. The Kier molecular flexibility index (Phi) is 7.60. The van der Waals surface area contributed by atoms with E-state index in [2.05, 4.69) is 15.6 Å². The molecule has 5 rings (SSSR count). The van der Waals surface area contributed by atoms with Gasteiger partial charge in [-0.3, -0.25) is 19.0 Å². The van der Waals surface area contributed by atoms with Gasteiger partial charge in [-0.05, 0) is 74.1 Å². The van der Waals surface area contributed by atoms with Crippen LogP contribution in [0.1, 0.15) is 36.1 Å². The highest BCUT2D eigenvalue weighted by Gasteiger charge is 2.20. The Labute approximate surface area is 218 Å². The number of carbonyl (C=O) groups is 2. The first-order valence-electron chi connectivity index (χ1n) is 12.5. The summed E-state index contributed by atoms with van der Waals surface area (Å²) in [6.45, 7) is 0.254. The molecular formula is C28H28N4O4S. The topological polar surface area (TPSA) is 102 Å². The fraction of sp³-hybridized carbons (Fsp3) is 0.286. The number of amides is 2. The highest BCUT2D eigenvalue weighted by atomic mass is 32.1.